The molecule has 0 spiro atoms. The van der Waals surface area contributed by atoms with Gasteiger partial charge in [-0.1, -0.05) is 84.0 Å². The molecule has 1 aliphatic rings. The highest BCUT2D eigenvalue weighted by atomic mass is 35.5. The van der Waals surface area contributed by atoms with Gasteiger partial charge < -0.3 is 9.80 Å². The number of benzene rings is 3. The predicted octanol–water partition coefficient (Wildman–Crippen LogP) is 6.53. The van der Waals surface area contributed by atoms with Crippen molar-refractivity contribution in [2.24, 2.45) is 0 Å². The molecule has 7 nitrogen and oxygen atoms in total. The number of amides is 1. The van der Waals surface area contributed by atoms with Crippen molar-refractivity contribution in [3.63, 3.8) is 0 Å². The second-order valence-electron chi connectivity index (χ2n) is 9.83. The first-order valence-electron chi connectivity index (χ1n) is 13.5. The number of anilines is 1. The smallest absolute Gasteiger partial charge is 0.273 e. The number of aryl methyl sites for hydroxylation is 1. The predicted molar refractivity (Wildman–Crippen MR) is 167 cm³/mol. The Bertz CT molecular complexity index is 1650. The maximum atomic E-state index is 13.2. The van der Waals surface area contributed by atoms with Crippen molar-refractivity contribution in [1.29, 1.82) is 0 Å². The lowest BCUT2D eigenvalue weighted by Gasteiger charge is -2.36. The summed E-state index contributed by atoms with van der Waals surface area (Å²) in [6, 6.07) is 26.4. The minimum atomic E-state index is -0.0236. The van der Waals surface area contributed by atoms with Crippen LogP contribution in [0.5, 0.6) is 0 Å². The molecule has 0 radical (unpaired) electrons. The number of hydrogen-bond donors (Lipinski definition) is 0. The van der Waals surface area contributed by atoms with Gasteiger partial charge in [-0.3, -0.25) is 9.36 Å². The van der Waals surface area contributed by atoms with Gasteiger partial charge in [0.05, 0.1) is 22.2 Å². The molecule has 1 fully saturated rings. The fourth-order valence-corrected chi connectivity index (χ4v) is 6.97. The average molecular weight is 601 g/mol. The van der Waals surface area contributed by atoms with Crippen LogP contribution in [0.1, 0.15) is 32.4 Å². The Labute approximate surface area is 252 Å². The average Bonchev–Trinajstić information content (AvgIpc) is 3.64. The van der Waals surface area contributed by atoms with E-state index in [9.17, 15) is 4.79 Å². The van der Waals surface area contributed by atoms with E-state index in [1.807, 2.05) is 64.9 Å². The zero-order valence-electron chi connectivity index (χ0n) is 22.6. The van der Waals surface area contributed by atoms with Crippen molar-refractivity contribution in [1.82, 2.24) is 24.6 Å². The molecule has 0 aliphatic carbocycles. The number of aromatic nitrogens is 4. The zero-order chi connectivity index (χ0) is 28.2. The minimum Gasteiger partial charge on any atom is -0.367 e. The summed E-state index contributed by atoms with van der Waals surface area (Å²) in [5, 5.41) is 13.4. The van der Waals surface area contributed by atoms with Crippen LogP contribution < -0.4 is 4.90 Å². The van der Waals surface area contributed by atoms with E-state index in [0.717, 1.165) is 51.0 Å². The summed E-state index contributed by atoms with van der Waals surface area (Å²) in [4.78, 5) is 22.1. The Balaban J connectivity index is 1.13. The first-order valence-corrected chi connectivity index (χ1v) is 15.7. The topological polar surface area (TPSA) is 67.2 Å². The number of thiazole rings is 1. The van der Waals surface area contributed by atoms with Gasteiger partial charge in [-0.25, -0.2) is 4.98 Å². The summed E-state index contributed by atoms with van der Waals surface area (Å²) < 4.78 is 2.14. The number of halogens is 1. The number of carbonyl (C=O) groups is 1. The first kappa shape index (κ1) is 27.5. The second-order valence-corrected chi connectivity index (χ2v) is 12.1. The Morgan fingerprint density at radius 1 is 0.902 bits per heavy atom. The van der Waals surface area contributed by atoms with Crippen LogP contribution in [-0.2, 0) is 12.2 Å². The van der Waals surface area contributed by atoms with Gasteiger partial charge in [-0.05, 0) is 36.2 Å². The number of carbonyl (C=O) groups excluding carboxylic acids is 1. The van der Waals surface area contributed by atoms with Crippen LogP contribution in [0.15, 0.2) is 89.4 Å². The standard InChI is InChI=1S/C31H29ClN6OS2/c1-22-9-5-7-13-26(22)38-28(19-23-10-3-2-4-11-23)34-35-31(38)41-21-29-33-25(20-40-29)30(39)37-17-15-36(16-18-37)27-14-8-6-12-24(27)32/h2-14,20H,15-19,21H2,1H3. The number of rotatable bonds is 8. The van der Waals surface area contributed by atoms with E-state index in [2.05, 4.69) is 50.9 Å². The van der Waals surface area contributed by atoms with Crippen LogP contribution >= 0.6 is 34.7 Å². The van der Waals surface area contributed by atoms with E-state index in [-0.39, 0.29) is 5.91 Å². The molecule has 10 heteroatoms. The third-order valence-corrected chi connectivity index (χ3v) is 9.41. The molecule has 1 aliphatic heterocycles. The zero-order valence-corrected chi connectivity index (χ0v) is 25.0. The fraction of sp³-hybridized carbons (Fsp3) is 0.226. The molecule has 208 valence electrons. The van der Waals surface area contributed by atoms with Crippen molar-refractivity contribution in [2.75, 3.05) is 31.1 Å². The van der Waals surface area contributed by atoms with Gasteiger partial charge in [0.2, 0.25) is 0 Å². The molecule has 3 heterocycles. The van der Waals surface area contributed by atoms with Crippen LogP contribution in [0.25, 0.3) is 5.69 Å². The molecule has 6 rings (SSSR count). The van der Waals surface area contributed by atoms with Gasteiger partial charge in [-0.15, -0.1) is 21.5 Å². The van der Waals surface area contributed by atoms with Crippen LogP contribution in [0, 0.1) is 6.92 Å². The van der Waals surface area contributed by atoms with E-state index >= 15 is 0 Å². The number of para-hydroxylation sites is 2. The molecular weight excluding hydrogens is 572 g/mol. The molecule has 0 N–H and O–H groups in total. The van der Waals surface area contributed by atoms with Gasteiger partial charge in [0, 0.05) is 38.0 Å². The molecule has 41 heavy (non-hydrogen) atoms. The van der Waals surface area contributed by atoms with E-state index in [1.54, 1.807) is 11.8 Å². The molecule has 0 bridgehead atoms. The molecular formula is C31H29ClN6OS2. The third kappa shape index (κ3) is 6.17. The number of thioether (sulfide) groups is 1. The highest BCUT2D eigenvalue weighted by Gasteiger charge is 2.25. The summed E-state index contributed by atoms with van der Waals surface area (Å²) in [5.41, 5.74) is 4.92. The SMILES string of the molecule is Cc1ccccc1-n1c(Cc2ccccc2)nnc1SCc1nc(C(=O)N2CCN(c3ccccc3Cl)CC2)cs1. The van der Waals surface area contributed by atoms with Crippen molar-refractivity contribution < 1.29 is 4.79 Å². The normalized spacial score (nSPS) is 13.5. The summed E-state index contributed by atoms with van der Waals surface area (Å²) in [5.74, 6) is 1.47. The van der Waals surface area contributed by atoms with E-state index < -0.39 is 0 Å². The first-order chi connectivity index (χ1) is 20.1. The Hall–Kier alpha value is -3.66. The molecule has 3 aromatic carbocycles. The summed E-state index contributed by atoms with van der Waals surface area (Å²) in [6.07, 6.45) is 0.683. The van der Waals surface area contributed by atoms with Crippen molar-refractivity contribution in [3.05, 3.63) is 117 Å². The van der Waals surface area contributed by atoms with Crippen LogP contribution in [0.4, 0.5) is 5.69 Å². The fourth-order valence-electron chi connectivity index (χ4n) is 4.97. The molecule has 1 saturated heterocycles. The molecule has 5 aromatic rings. The summed E-state index contributed by atoms with van der Waals surface area (Å²) >= 11 is 9.47. The van der Waals surface area contributed by atoms with Gasteiger partial charge >= 0.3 is 0 Å². The lowest BCUT2D eigenvalue weighted by Crippen LogP contribution is -2.49. The van der Waals surface area contributed by atoms with Crippen molar-refractivity contribution >= 4 is 46.3 Å². The van der Waals surface area contributed by atoms with Gasteiger partial charge in [0.25, 0.3) is 5.91 Å². The maximum absolute atomic E-state index is 13.2. The van der Waals surface area contributed by atoms with Gasteiger partial charge in [-0.2, -0.15) is 0 Å². The molecule has 1 amide bonds. The van der Waals surface area contributed by atoms with Gasteiger partial charge in [0.15, 0.2) is 5.16 Å². The van der Waals surface area contributed by atoms with Gasteiger partial charge in [0.1, 0.15) is 16.5 Å². The van der Waals surface area contributed by atoms with Crippen LogP contribution in [0.2, 0.25) is 5.02 Å². The summed E-state index contributed by atoms with van der Waals surface area (Å²) in [7, 11) is 0. The van der Waals surface area contributed by atoms with Crippen LogP contribution in [0.3, 0.4) is 0 Å². The van der Waals surface area contributed by atoms with E-state index in [0.29, 0.717) is 31.0 Å². The van der Waals surface area contributed by atoms with E-state index in [4.69, 9.17) is 16.6 Å². The Morgan fingerprint density at radius 2 is 1.61 bits per heavy atom. The number of hydrogen-bond acceptors (Lipinski definition) is 7. The lowest BCUT2D eigenvalue weighted by molar-refractivity contribution is 0.0741. The molecule has 0 atom stereocenters. The second kappa shape index (κ2) is 12.5. The highest BCUT2D eigenvalue weighted by molar-refractivity contribution is 7.98. The minimum absolute atomic E-state index is 0.0236. The Kier molecular flexibility index (Phi) is 8.36. The molecule has 2 aromatic heterocycles. The summed E-state index contributed by atoms with van der Waals surface area (Å²) in [6.45, 7) is 4.85. The highest BCUT2D eigenvalue weighted by Crippen LogP contribution is 2.30. The van der Waals surface area contributed by atoms with Crippen LogP contribution in [-0.4, -0.2) is 56.7 Å². The third-order valence-electron chi connectivity index (χ3n) is 7.12. The maximum Gasteiger partial charge on any atom is 0.273 e. The van der Waals surface area contributed by atoms with E-state index in [1.165, 1.54) is 16.9 Å². The Morgan fingerprint density at radius 3 is 2.37 bits per heavy atom. The molecule has 0 saturated carbocycles. The lowest BCUT2D eigenvalue weighted by atomic mass is 10.1. The quantitative estimate of drug-likeness (QED) is 0.189. The number of piperazine rings is 1. The number of nitrogens with zero attached hydrogens (tertiary/aromatic N) is 6. The van der Waals surface area contributed by atoms with Crippen molar-refractivity contribution in [2.45, 2.75) is 24.3 Å². The monoisotopic (exact) mass is 600 g/mol. The largest absolute Gasteiger partial charge is 0.367 e. The molecule has 0 unspecified atom stereocenters. The van der Waals surface area contributed by atoms with Crippen molar-refractivity contribution in [3.8, 4) is 5.69 Å².